The molecule has 0 aliphatic rings. The number of halogens is 3. The number of alkyl halides is 3. The highest BCUT2D eigenvalue weighted by Gasteiger charge is 2.41. The zero-order valence-corrected chi connectivity index (χ0v) is 14.6. The Labute approximate surface area is 134 Å². The van der Waals surface area contributed by atoms with Crippen LogP contribution in [0.3, 0.4) is 0 Å². The third kappa shape index (κ3) is 6.36. The van der Waals surface area contributed by atoms with E-state index in [-0.39, 0.29) is 12.2 Å². The highest BCUT2D eigenvalue weighted by molar-refractivity contribution is 7.99. The molecular formula is C10H17F3N4O2P2S. The topological polar surface area (TPSA) is 69.0 Å². The molecule has 0 fully saturated rings. The van der Waals surface area contributed by atoms with Crippen molar-refractivity contribution in [2.75, 3.05) is 11.5 Å². The van der Waals surface area contributed by atoms with Crippen molar-refractivity contribution in [1.29, 1.82) is 0 Å². The smallest absolute Gasteiger partial charge is 0.412 e. The average molecular weight is 376 g/mol. The van der Waals surface area contributed by atoms with Gasteiger partial charge in [-0.05, 0) is 24.3 Å². The Morgan fingerprint density at radius 1 is 1.32 bits per heavy atom. The number of hydrogen-bond donors (Lipinski definition) is 1. The normalized spacial score (nSPS) is 14.6. The van der Waals surface area contributed by atoms with E-state index in [0.29, 0.717) is 17.0 Å². The van der Waals surface area contributed by atoms with Gasteiger partial charge in [-0.1, -0.05) is 9.39 Å². The maximum absolute atomic E-state index is 12.9. The SMILES string of the molecule is O=C(OP)C(CCSCCC(n1nccn1)C(F)(F)F)NP. The van der Waals surface area contributed by atoms with Crippen molar-refractivity contribution in [3.05, 3.63) is 12.4 Å². The minimum absolute atomic E-state index is 0.129. The third-order valence-corrected chi connectivity index (χ3v) is 4.46. The fraction of sp³-hybridized carbons (Fsp3) is 0.700. The molecule has 0 aliphatic carbocycles. The van der Waals surface area contributed by atoms with Crippen LogP contribution in [0.15, 0.2) is 12.4 Å². The molecule has 0 aromatic carbocycles. The molecule has 0 spiro atoms. The summed E-state index contributed by atoms with van der Waals surface area (Å²) in [4.78, 5) is 12.0. The molecule has 1 N–H and O–H groups in total. The molecule has 0 saturated heterocycles. The van der Waals surface area contributed by atoms with E-state index >= 15 is 0 Å². The monoisotopic (exact) mass is 376 g/mol. The third-order valence-electron chi connectivity index (χ3n) is 2.78. The summed E-state index contributed by atoms with van der Waals surface area (Å²) in [6.45, 7) is 0. The van der Waals surface area contributed by atoms with E-state index in [1.54, 1.807) is 0 Å². The van der Waals surface area contributed by atoms with Gasteiger partial charge in [0.05, 0.1) is 21.9 Å². The molecule has 0 bridgehead atoms. The van der Waals surface area contributed by atoms with E-state index in [4.69, 9.17) is 0 Å². The number of rotatable bonds is 9. The van der Waals surface area contributed by atoms with E-state index < -0.39 is 24.2 Å². The highest BCUT2D eigenvalue weighted by Crippen LogP contribution is 2.33. The lowest BCUT2D eigenvalue weighted by atomic mass is 10.2. The van der Waals surface area contributed by atoms with Crippen LogP contribution in [-0.2, 0) is 9.32 Å². The van der Waals surface area contributed by atoms with Crippen molar-refractivity contribution >= 4 is 36.6 Å². The van der Waals surface area contributed by atoms with Gasteiger partial charge in [0.15, 0.2) is 6.04 Å². The van der Waals surface area contributed by atoms with E-state index in [2.05, 4.69) is 29.2 Å². The second-order valence-electron chi connectivity index (χ2n) is 4.25. The van der Waals surface area contributed by atoms with Gasteiger partial charge in [-0.3, -0.25) is 9.88 Å². The molecule has 1 rings (SSSR count). The lowest BCUT2D eigenvalue weighted by Gasteiger charge is -2.19. The summed E-state index contributed by atoms with van der Waals surface area (Å²) < 4.78 is 43.3. The number of aromatic nitrogens is 3. The standard InChI is InChI=1S/C10H17F3N4O2P2S/c11-10(12,13)8(17-14-3-4-15-17)2-6-22-5-1-7(16-20)9(18)19-21/h3-4,7-8,16H,1-2,5-6,20-21H2. The van der Waals surface area contributed by atoms with Crippen molar-refractivity contribution < 1.29 is 22.5 Å². The molecule has 1 aromatic rings. The quantitative estimate of drug-likeness (QED) is 0.525. The predicted molar refractivity (Wildman–Crippen MR) is 84.1 cm³/mol. The molecule has 12 heteroatoms. The Bertz CT molecular complexity index is 450. The number of carbonyl (C=O) groups excluding carboxylic acids is 1. The Balaban J connectivity index is 2.37. The first kappa shape index (κ1) is 19.6. The molecule has 4 atom stereocenters. The molecule has 0 radical (unpaired) electrons. The van der Waals surface area contributed by atoms with Crippen LogP contribution in [0.5, 0.6) is 0 Å². The lowest BCUT2D eigenvalue weighted by molar-refractivity contribution is -0.173. The first-order chi connectivity index (χ1) is 10.4. The summed E-state index contributed by atoms with van der Waals surface area (Å²) in [5.41, 5.74) is 0. The largest absolute Gasteiger partial charge is 0.450 e. The van der Waals surface area contributed by atoms with Gasteiger partial charge in [0.1, 0.15) is 6.04 Å². The van der Waals surface area contributed by atoms with Crippen molar-refractivity contribution in [3.63, 3.8) is 0 Å². The molecule has 6 nitrogen and oxygen atoms in total. The average Bonchev–Trinajstić information content (AvgIpc) is 2.98. The van der Waals surface area contributed by atoms with Crippen molar-refractivity contribution in [2.24, 2.45) is 0 Å². The van der Waals surface area contributed by atoms with Crippen LogP contribution >= 0.6 is 30.6 Å². The van der Waals surface area contributed by atoms with Gasteiger partial charge >= 0.3 is 12.1 Å². The summed E-state index contributed by atoms with van der Waals surface area (Å²) in [5, 5.41) is 9.83. The predicted octanol–water partition coefficient (Wildman–Crippen LogP) is 1.98. The second-order valence-corrected chi connectivity index (χ2v) is 6.05. The molecule has 0 saturated carbocycles. The van der Waals surface area contributed by atoms with Crippen LogP contribution in [0.4, 0.5) is 13.2 Å². The minimum atomic E-state index is -4.40. The number of carbonyl (C=O) groups is 1. The Morgan fingerprint density at radius 3 is 2.41 bits per heavy atom. The summed E-state index contributed by atoms with van der Waals surface area (Å²) in [7, 11) is 4.09. The summed E-state index contributed by atoms with van der Waals surface area (Å²) >= 11 is 1.33. The van der Waals surface area contributed by atoms with Crippen molar-refractivity contribution in [2.45, 2.75) is 31.1 Å². The van der Waals surface area contributed by atoms with Gasteiger partial charge in [-0.2, -0.15) is 39.9 Å². The van der Waals surface area contributed by atoms with Gasteiger partial charge in [-0.15, -0.1) is 0 Å². The zero-order chi connectivity index (χ0) is 16.6. The van der Waals surface area contributed by atoms with Gasteiger partial charge < -0.3 is 4.52 Å². The Hall–Kier alpha value is -0.430. The number of thioether (sulfide) groups is 1. The summed E-state index contributed by atoms with van der Waals surface area (Å²) in [5.74, 6) is 0.378. The number of nitrogens with zero attached hydrogens (tertiary/aromatic N) is 3. The first-order valence-corrected chi connectivity index (χ1v) is 8.47. The molecule has 4 unspecified atom stereocenters. The minimum Gasteiger partial charge on any atom is -0.450 e. The molecule has 126 valence electrons. The van der Waals surface area contributed by atoms with Crippen molar-refractivity contribution in [3.8, 4) is 0 Å². The maximum Gasteiger partial charge on any atom is 0.412 e. The molecule has 0 aliphatic heterocycles. The van der Waals surface area contributed by atoms with Crippen LogP contribution in [0.1, 0.15) is 18.9 Å². The van der Waals surface area contributed by atoms with E-state index in [1.807, 2.05) is 9.47 Å². The van der Waals surface area contributed by atoms with Gasteiger partial charge in [0.25, 0.3) is 0 Å². The zero-order valence-electron chi connectivity index (χ0n) is 11.5. The molecule has 1 heterocycles. The first-order valence-electron chi connectivity index (χ1n) is 6.27. The number of nitrogens with one attached hydrogen (secondary N) is 1. The van der Waals surface area contributed by atoms with E-state index in [0.717, 1.165) is 0 Å². The second kappa shape index (κ2) is 9.65. The van der Waals surface area contributed by atoms with Crippen molar-refractivity contribution in [1.82, 2.24) is 20.1 Å². The van der Waals surface area contributed by atoms with Crippen LogP contribution in [0.25, 0.3) is 0 Å². The molecular weight excluding hydrogens is 359 g/mol. The van der Waals surface area contributed by atoms with Crippen LogP contribution in [0.2, 0.25) is 0 Å². The van der Waals surface area contributed by atoms with Gasteiger partial charge in [-0.25, -0.2) is 0 Å². The van der Waals surface area contributed by atoms with Gasteiger partial charge in [0, 0.05) is 0 Å². The molecule has 1 aromatic heterocycles. The van der Waals surface area contributed by atoms with E-state index in [9.17, 15) is 18.0 Å². The fourth-order valence-corrected chi connectivity index (χ4v) is 3.11. The summed E-state index contributed by atoms with van der Waals surface area (Å²) in [6, 6.07) is -2.23. The van der Waals surface area contributed by atoms with Crippen LogP contribution in [0, 0.1) is 0 Å². The fourth-order valence-electron chi connectivity index (χ4n) is 1.65. The van der Waals surface area contributed by atoms with Crippen LogP contribution < -0.4 is 5.09 Å². The Morgan fingerprint density at radius 2 is 1.91 bits per heavy atom. The van der Waals surface area contributed by atoms with Gasteiger partial charge in [0.2, 0.25) is 0 Å². The van der Waals surface area contributed by atoms with Crippen LogP contribution in [-0.4, -0.2) is 44.7 Å². The number of hydrogen-bond acceptors (Lipinski definition) is 6. The highest BCUT2D eigenvalue weighted by atomic mass is 32.2. The summed E-state index contributed by atoms with van der Waals surface area (Å²) in [6.07, 6.45) is -1.63. The Kier molecular flexibility index (Phi) is 8.61. The molecule has 22 heavy (non-hydrogen) atoms. The molecule has 0 amide bonds. The van der Waals surface area contributed by atoms with E-state index in [1.165, 1.54) is 24.2 Å². The lowest BCUT2D eigenvalue weighted by Crippen LogP contribution is -2.31. The maximum atomic E-state index is 12.9.